The van der Waals surface area contributed by atoms with Crippen molar-refractivity contribution in [2.45, 2.75) is 6.92 Å². The Bertz CT molecular complexity index is 759. The minimum Gasteiger partial charge on any atom is -0.493 e. The quantitative estimate of drug-likeness (QED) is 0.911. The average Bonchev–Trinajstić information content (AvgIpc) is 2.55. The average molecular weight is 316 g/mol. The third-order valence-corrected chi connectivity index (χ3v) is 3.38. The Balaban J connectivity index is 2.28. The van der Waals surface area contributed by atoms with E-state index in [1.54, 1.807) is 32.2 Å². The van der Waals surface area contributed by atoms with Gasteiger partial charge in [0.05, 0.1) is 12.7 Å². The van der Waals surface area contributed by atoms with E-state index in [1.807, 2.05) is 0 Å². The van der Waals surface area contributed by atoms with Crippen LogP contribution in [0.1, 0.15) is 26.3 Å². The van der Waals surface area contributed by atoms with Crippen molar-refractivity contribution in [2.24, 2.45) is 0 Å². The van der Waals surface area contributed by atoms with E-state index in [2.05, 4.69) is 10.6 Å². The summed E-state index contributed by atoms with van der Waals surface area (Å²) in [5.74, 6) is -1.41. The monoisotopic (exact) mass is 316 g/mol. The lowest BCUT2D eigenvalue weighted by molar-refractivity contribution is 0.0962. The van der Waals surface area contributed by atoms with E-state index in [4.69, 9.17) is 4.74 Å². The first-order valence-electron chi connectivity index (χ1n) is 6.94. The molecule has 2 aromatic rings. The minimum absolute atomic E-state index is 0.0993. The van der Waals surface area contributed by atoms with Crippen molar-refractivity contribution in [1.82, 2.24) is 5.32 Å². The number of anilines is 1. The number of rotatable bonds is 4. The number of carbonyl (C=O) groups is 2. The topological polar surface area (TPSA) is 67.4 Å². The largest absolute Gasteiger partial charge is 0.493 e. The van der Waals surface area contributed by atoms with Crippen LogP contribution >= 0.6 is 0 Å². The predicted octanol–water partition coefficient (Wildman–Crippen LogP) is 2.75. The van der Waals surface area contributed by atoms with Gasteiger partial charge in [0, 0.05) is 18.3 Å². The highest BCUT2D eigenvalue weighted by Gasteiger charge is 2.17. The van der Waals surface area contributed by atoms with Gasteiger partial charge in [-0.1, -0.05) is 6.07 Å². The molecule has 2 aromatic carbocycles. The number of hydrogen-bond donors (Lipinski definition) is 2. The van der Waals surface area contributed by atoms with Crippen molar-refractivity contribution in [3.05, 3.63) is 58.9 Å². The van der Waals surface area contributed by atoms with Gasteiger partial charge in [-0.2, -0.15) is 0 Å². The number of benzene rings is 2. The van der Waals surface area contributed by atoms with Crippen molar-refractivity contribution in [1.29, 1.82) is 0 Å². The highest BCUT2D eigenvalue weighted by atomic mass is 19.1. The van der Waals surface area contributed by atoms with Gasteiger partial charge in [0.25, 0.3) is 11.8 Å². The van der Waals surface area contributed by atoms with Crippen molar-refractivity contribution < 1.29 is 18.7 Å². The fourth-order valence-corrected chi connectivity index (χ4v) is 2.17. The summed E-state index contributed by atoms with van der Waals surface area (Å²) in [4.78, 5) is 23.9. The number of aryl methyl sites for hydroxylation is 1. The molecule has 0 radical (unpaired) electrons. The summed E-state index contributed by atoms with van der Waals surface area (Å²) in [7, 11) is 2.85. The van der Waals surface area contributed by atoms with Gasteiger partial charge in [-0.3, -0.25) is 9.59 Å². The molecule has 23 heavy (non-hydrogen) atoms. The summed E-state index contributed by atoms with van der Waals surface area (Å²) in [6.07, 6.45) is 0. The normalized spacial score (nSPS) is 10.1. The summed E-state index contributed by atoms with van der Waals surface area (Å²) in [5, 5.41) is 5.23. The molecule has 120 valence electrons. The van der Waals surface area contributed by atoms with E-state index in [9.17, 15) is 14.0 Å². The molecule has 0 unspecified atom stereocenters. The summed E-state index contributed by atoms with van der Waals surface area (Å²) < 4.78 is 18.6. The molecule has 0 fully saturated rings. The van der Waals surface area contributed by atoms with Crippen LogP contribution in [0.15, 0.2) is 36.4 Å². The molecule has 0 saturated carbocycles. The van der Waals surface area contributed by atoms with E-state index in [0.29, 0.717) is 11.3 Å². The molecular weight excluding hydrogens is 299 g/mol. The molecule has 0 aliphatic carbocycles. The third kappa shape index (κ3) is 3.48. The molecule has 0 heterocycles. The lowest BCUT2D eigenvalue weighted by atomic mass is 10.1. The van der Waals surface area contributed by atoms with Gasteiger partial charge in [0.15, 0.2) is 11.6 Å². The zero-order valence-electron chi connectivity index (χ0n) is 13.1. The van der Waals surface area contributed by atoms with E-state index in [0.717, 1.165) is 5.56 Å². The maximum atomic E-state index is 13.7. The molecule has 6 heteroatoms. The van der Waals surface area contributed by atoms with Crippen LogP contribution in [0, 0.1) is 12.7 Å². The fraction of sp³-hybridized carbons (Fsp3) is 0.176. The van der Waals surface area contributed by atoms with Crippen LogP contribution in [-0.2, 0) is 0 Å². The molecule has 0 aromatic heterocycles. The van der Waals surface area contributed by atoms with E-state index in [-0.39, 0.29) is 17.2 Å². The Morgan fingerprint density at radius 2 is 1.87 bits per heavy atom. The SMILES string of the molecule is CNC(=O)c1ccc(NC(=O)c2cccc(F)c2OC)c(C)c1. The van der Waals surface area contributed by atoms with Crippen LogP contribution in [0.2, 0.25) is 0 Å². The molecule has 0 saturated heterocycles. The van der Waals surface area contributed by atoms with Gasteiger partial charge in [-0.25, -0.2) is 4.39 Å². The molecule has 2 N–H and O–H groups in total. The Hall–Kier alpha value is -2.89. The van der Waals surface area contributed by atoms with Gasteiger partial charge in [-0.15, -0.1) is 0 Å². The summed E-state index contributed by atoms with van der Waals surface area (Å²) >= 11 is 0. The predicted molar refractivity (Wildman–Crippen MR) is 85.5 cm³/mol. The molecular formula is C17H17FN2O3. The first kappa shape index (κ1) is 16.5. The van der Waals surface area contributed by atoms with E-state index < -0.39 is 11.7 Å². The lowest BCUT2D eigenvalue weighted by Gasteiger charge is -2.12. The number of halogens is 1. The lowest BCUT2D eigenvalue weighted by Crippen LogP contribution is -2.18. The van der Waals surface area contributed by atoms with Gasteiger partial charge in [-0.05, 0) is 42.8 Å². The molecule has 0 bridgehead atoms. The van der Waals surface area contributed by atoms with Crippen molar-refractivity contribution >= 4 is 17.5 Å². The Morgan fingerprint density at radius 1 is 1.13 bits per heavy atom. The molecule has 2 amide bonds. The molecule has 0 atom stereocenters. The van der Waals surface area contributed by atoms with E-state index >= 15 is 0 Å². The van der Waals surface area contributed by atoms with Crippen LogP contribution < -0.4 is 15.4 Å². The van der Waals surface area contributed by atoms with Gasteiger partial charge in [0.1, 0.15) is 0 Å². The number of methoxy groups -OCH3 is 1. The third-order valence-electron chi connectivity index (χ3n) is 3.38. The number of amides is 2. The first-order valence-corrected chi connectivity index (χ1v) is 6.94. The maximum absolute atomic E-state index is 13.7. The van der Waals surface area contributed by atoms with Crippen molar-refractivity contribution in [3.63, 3.8) is 0 Å². The Kier molecular flexibility index (Phi) is 4.95. The maximum Gasteiger partial charge on any atom is 0.259 e. The highest BCUT2D eigenvalue weighted by molar-refractivity contribution is 6.07. The zero-order chi connectivity index (χ0) is 17.0. The first-order chi connectivity index (χ1) is 11.0. The van der Waals surface area contributed by atoms with Crippen LogP contribution in [-0.4, -0.2) is 26.0 Å². The number of para-hydroxylation sites is 1. The summed E-state index contributed by atoms with van der Waals surface area (Å²) in [6, 6.07) is 9.03. The molecule has 0 spiro atoms. The molecule has 0 aliphatic rings. The van der Waals surface area contributed by atoms with E-state index in [1.165, 1.54) is 25.3 Å². The Morgan fingerprint density at radius 3 is 2.48 bits per heavy atom. The number of hydrogen-bond acceptors (Lipinski definition) is 3. The van der Waals surface area contributed by atoms with Crippen LogP contribution in [0.3, 0.4) is 0 Å². The zero-order valence-corrected chi connectivity index (χ0v) is 13.1. The second-order valence-electron chi connectivity index (χ2n) is 4.88. The minimum atomic E-state index is -0.605. The van der Waals surface area contributed by atoms with Crippen LogP contribution in [0.4, 0.5) is 10.1 Å². The fourth-order valence-electron chi connectivity index (χ4n) is 2.17. The van der Waals surface area contributed by atoms with Gasteiger partial charge < -0.3 is 15.4 Å². The summed E-state index contributed by atoms with van der Waals surface area (Å²) in [6.45, 7) is 1.77. The number of ether oxygens (including phenoxy) is 1. The van der Waals surface area contributed by atoms with Crippen molar-refractivity contribution in [2.75, 3.05) is 19.5 Å². The molecule has 2 rings (SSSR count). The standard InChI is InChI=1S/C17H17FN2O3/c1-10-9-11(16(21)19-2)7-8-14(10)20-17(22)12-5-4-6-13(18)15(12)23-3/h4-9H,1-3H3,(H,19,21)(H,20,22). The number of nitrogens with one attached hydrogen (secondary N) is 2. The van der Waals surface area contributed by atoms with Gasteiger partial charge >= 0.3 is 0 Å². The second-order valence-corrected chi connectivity index (χ2v) is 4.88. The van der Waals surface area contributed by atoms with Crippen LogP contribution in [0.25, 0.3) is 0 Å². The highest BCUT2D eigenvalue weighted by Crippen LogP contribution is 2.24. The van der Waals surface area contributed by atoms with Gasteiger partial charge in [0.2, 0.25) is 0 Å². The molecule has 5 nitrogen and oxygen atoms in total. The summed E-state index contributed by atoms with van der Waals surface area (Å²) in [5.41, 5.74) is 1.84. The number of carbonyl (C=O) groups excluding carboxylic acids is 2. The Labute approximate surface area is 133 Å². The second kappa shape index (κ2) is 6.91. The molecule has 0 aliphatic heterocycles. The van der Waals surface area contributed by atoms with Crippen molar-refractivity contribution in [3.8, 4) is 5.75 Å². The van der Waals surface area contributed by atoms with Crippen LogP contribution in [0.5, 0.6) is 5.75 Å². The smallest absolute Gasteiger partial charge is 0.259 e.